The van der Waals surface area contributed by atoms with Gasteiger partial charge in [0.15, 0.2) is 0 Å². The summed E-state index contributed by atoms with van der Waals surface area (Å²) < 4.78 is 0. The molecule has 0 aliphatic carbocycles. The van der Waals surface area contributed by atoms with E-state index in [1.54, 1.807) is 6.07 Å². The van der Waals surface area contributed by atoms with E-state index in [9.17, 15) is 0 Å². The fourth-order valence-corrected chi connectivity index (χ4v) is 2.99. The van der Waals surface area contributed by atoms with Crippen molar-refractivity contribution in [2.75, 3.05) is 6.54 Å². The van der Waals surface area contributed by atoms with Crippen molar-refractivity contribution in [3.8, 4) is 0 Å². The summed E-state index contributed by atoms with van der Waals surface area (Å²) in [4.78, 5) is 7.81. The van der Waals surface area contributed by atoms with Crippen LogP contribution in [0.2, 0.25) is 10.0 Å². The number of H-pyrrole nitrogens is 1. The molecule has 120 valence electrons. The molecule has 1 aromatic heterocycles. The number of para-hydroxylation sites is 2. The molecule has 0 saturated carbocycles. The number of nitrogens with zero attached hydrogens (tertiary/aromatic N) is 1. The van der Waals surface area contributed by atoms with E-state index in [0.717, 1.165) is 22.4 Å². The van der Waals surface area contributed by atoms with Crippen LogP contribution >= 0.6 is 23.2 Å². The summed E-state index contributed by atoms with van der Waals surface area (Å²) in [7, 11) is 0. The number of imidazole rings is 1. The third-order valence-corrected chi connectivity index (χ3v) is 4.22. The summed E-state index contributed by atoms with van der Waals surface area (Å²) in [5, 5.41) is 4.62. The molecule has 0 aliphatic heterocycles. The van der Waals surface area contributed by atoms with Crippen molar-refractivity contribution in [1.29, 1.82) is 0 Å². The van der Waals surface area contributed by atoms with Crippen LogP contribution in [0.1, 0.15) is 11.4 Å². The van der Waals surface area contributed by atoms with Gasteiger partial charge in [0.2, 0.25) is 0 Å². The fourth-order valence-electron chi connectivity index (χ4n) is 2.51. The lowest BCUT2D eigenvalue weighted by Crippen LogP contribution is -2.35. The van der Waals surface area contributed by atoms with Crippen molar-refractivity contribution in [1.82, 2.24) is 15.3 Å². The quantitative estimate of drug-likeness (QED) is 0.638. The maximum Gasteiger partial charge on any atom is 0.121 e. The highest BCUT2D eigenvalue weighted by molar-refractivity contribution is 6.35. The molecule has 0 saturated heterocycles. The van der Waals surface area contributed by atoms with Crippen molar-refractivity contribution < 1.29 is 0 Å². The van der Waals surface area contributed by atoms with Crippen LogP contribution in [0.15, 0.2) is 42.5 Å². The molecule has 4 N–H and O–H groups in total. The van der Waals surface area contributed by atoms with Gasteiger partial charge >= 0.3 is 0 Å². The average molecular weight is 349 g/mol. The summed E-state index contributed by atoms with van der Waals surface area (Å²) in [6, 6.07) is 13.4. The standard InChI is InChI=1S/C17H18Cl2N4/c18-12-6-5-11(14(19)8-12)7-13(20)9-21-10-17-22-15-3-1-2-4-16(15)23-17/h1-6,8,13,21H,7,9-10,20H2,(H,22,23)/t13-/m0/s1. The lowest BCUT2D eigenvalue weighted by Gasteiger charge is -2.13. The minimum Gasteiger partial charge on any atom is -0.341 e. The van der Waals surface area contributed by atoms with Gasteiger partial charge in [-0.25, -0.2) is 4.98 Å². The summed E-state index contributed by atoms with van der Waals surface area (Å²) >= 11 is 12.1. The van der Waals surface area contributed by atoms with Crippen LogP contribution in [0.5, 0.6) is 0 Å². The third kappa shape index (κ3) is 4.24. The Morgan fingerprint density at radius 3 is 2.78 bits per heavy atom. The predicted octanol–water partition coefficient (Wildman–Crippen LogP) is 3.53. The minimum absolute atomic E-state index is 0.0296. The number of fused-ring (bicyclic) bond motifs is 1. The largest absolute Gasteiger partial charge is 0.341 e. The minimum atomic E-state index is -0.0296. The molecule has 1 atom stereocenters. The maximum atomic E-state index is 6.17. The van der Waals surface area contributed by atoms with E-state index in [4.69, 9.17) is 28.9 Å². The van der Waals surface area contributed by atoms with Crippen LogP contribution in [0.4, 0.5) is 0 Å². The molecular formula is C17H18Cl2N4. The van der Waals surface area contributed by atoms with Gasteiger partial charge < -0.3 is 16.0 Å². The number of rotatable bonds is 6. The highest BCUT2D eigenvalue weighted by Gasteiger charge is 2.08. The van der Waals surface area contributed by atoms with E-state index >= 15 is 0 Å². The van der Waals surface area contributed by atoms with E-state index in [-0.39, 0.29) is 6.04 Å². The van der Waals surface area contributed by atoms with Crippen molar-refractivity contribution in [3.05, 3.63) is 63.9 Å². The average Bonchev–Trinajstić information content (AvgIpc) is 2.93. The second kappa shape index (κ2) is 7.32. The summed E-state index contributed by atoms with van der Waals surface area (Å²) in [6.07, 6.45) is 0.698. The Kier molecular flexibility index (Phi) is 5.18. The molecular weight excluding hydrogens is 331 g/mol. The number of hydrogen-bond acceptors (Lipinski definition) is 3. The molecule has 3 aromatic rings. The van der Waals surface area contributed by atoms with Crippen molar-refractivity contribution >= 4 is 34.2 Å². The van der Waals surface area contributed by atoms with Crippen LogP contribution in [-0.4, -0.2) is 22.6 Å². The third-order valence-electron chi connectivity index (χ3n) is 3.63. The second-order valence-corrected chi connectivity index (χ2v) is 6.38. The predicted molar refractivity (Wildman–Crippen MR) is 95.9 cm³/mol. The first-order valence-corrected chi connectivity index (χ1v) is 8.21. The smallest absolute Gasteiger partial charge is 0.121 e. The number of aromatic nitrogens is 2. The van der Waals surface area contributed by atoms with Crippen LogP contribution in [0, 0.1) is 0 Å². The molecule has 0 aliphatic rings. The molecule has 0 fully saturated rings. The van der Waals surface area contributed by atoms with Crippen molar-refractivity contribution in [2.24, 2.45) is 5.73 Å². The molecule has 0 spiro atoms. The maximum absolute atomic E-state index is 6.17. The molecule has 23 heavy (non-hydrogen) atoms. The highest BCUT2D eigenvalue weighted by atomic mass is 35.5. The molecule has 0 amide bonds. The summed E-state index contributed by atoms with van der Waals surface area (Å²) in [5.74, 6) is 0.905. The van der Waals surface area contributed by atoms with Crippen LogP contribution in [0.3, 0.4) is 0 Å². The Morgan fingerprint density at radius 1 is 1.17 bits per heavy atom. The Balaban J connectivity index is 1.51. The summed E-state index contributed by atoms with van der Waals surface area (Å²) in [6.45, 7) is 1.33. The van der Waals surface area contributed by atoms with Gasteiger partial charge in [-0.1, -0.05) is 41.4 Å². The van der Waals surface area contributed by atoms with Crippen molar-refractivity contribution in [2.45, 2.75) is 19.0 Å². The summed E-state index contributed by atoms with van der Waals surface area (Å²) in [5.41, 5.74) is 9.19. The van der Waals surface area contributed by atoms with E-state index < -0.39 is 0 Å². The normalized spacial score (nSPS) is 12.7. The second-order valence-electron chi connectivity index (χ2n) is 5.53. The zero-order valence-corrected chi connectivity index (χ0v) is 14.0. The molecule has 1 heterocycles. The lowest BCUT2D eigenvalue weighted by molar-refractivity contribution is 0.565. The molecule has 6 heteroatoms. The van der Waals surface area contributed by atoms with E-state index in [0.29, 0.717) is 29.6 Å². The van der Waals surface area contributed by atoms with Gasteiger partial charge in [0.05, 0.1) is 17.6 Å². The molecule has 4 nitrogen and oxygen atoms in total. The van der Waals surface area contributed by atoms with E-state index in [1.807, 2.05) is 36.4 Å². The van der Waals surface area contributed by atoms with Crippen LogP contribution in [0.25, 0.3) is 11.0 Å². The molecule has 3 rings (SSSR count). The van der Waals surface area contributed by atoms with Gasteiger partial charge in [-0.2, -0.15) is 0 Å². The molecule has 0 bridgehead atoms. The molecule has 0 unspecified atom stereocenters. The zero-order valence-electron chi connectivity index (χ0n) is 12.5. The van der Waals surface area contributed by atoms with Gasteiger partial charge in [0.25, 0.3) is 0 Å². The molecule has 0 radical (unpaired) electrons. The first-order valence-electron chi connectivity index (χ1n) is 7.45. The number of hydrogen-bond donors (Lipinski definition) is 3. The fraction of sp³-hybridized carbons (Fsp3) is 0.235. The Hall–Kier alpha value is -1.59. The van der Waals surface area contributed by atoms with Gasteiger partial charge in [-0.05, 0) is 36.2 Å². The molecule has 2 aromatic carbocycles. The monoisotopic (exact) mass is 348 g/mol. The van der Waals surface area contributed by atoms with Gasteiger partial charge in [-0.3, -0.25) is 0 Å². The van der Waals surface area contributed by atoms with Crippen LogP contribution < -0.4 is 11.1 Å². The van der Waals surface area contributed by atoms with Crippen LogP contribution in [-0.2, 0) is 13.0 Å². The van der Waals surface area contributed by atoms with E-state index in [2.05, 4.69) is 15.3 Å². The van der Waals surface area contributed by atoms with Crippen molar-refractivity contribution in [3.63, 3.8) is 0 Å². The first kappa shape index (κ1) is 16.3. The topological polar surface area (TPSA) is 66.7 Å². The van der Waals surface area contributed by atoms with Gasteiger partial charge in [0, 0.05) is 22.6 Å². The number of halogens is 2. The van der Waals surface area contributed by atoms with E-state index in [1.165, 1.54) is 0 Å². The number of aromatic amines is 1. The Bertz CT molecular complexity index is 767. The van der Waals surface area contributed by atoms with Gasteiger partial charge in [-0.15, -0.1) is 0 Å². The Morgan fingerprint density at radius 2 is 2.00 bits per heavy atom. The number of nitrogens with one attached hydrogen (secondary N) is 2. The zero-order chi connectivity index (χ0) is 16.2. The first-order chi connectivity index (χ1) is 11.1. The van der Waals surface area contributed by atoms with Gasteiger partial charge in [0.1, 0.15) is 5.82 Å². The SMILES string of the molecule is N[C@H](CNCc1nc2ccccc2[nH]1)Cc1ccc(Cl)cc1Cl. The lowest BCUT2D eigenvalue weighted by atomic mass is 10.1. The number of benzene rings is 2. The Labute approximate surface area is 145 Å². The number of nitrogens with two attached hydrogens (primary N) is 1. The highest BCUT2D eigenvalue weighted by Crippen LogP contribution is 2.21.